The van der Waals surface area contributed by atoms with Gasteiger partial charge in [-0.1, -0.05) is 24.3 Å². The third kappa shape index (κ3) is 1.97. The molecule has 3 rings (SSSR count). The Morgan fingerprint density at radius 1 is 1.12 bits per heavy atom. The molecule has 0 aromatic heterocycles. The Bertz CT molecular complexity index is 421. The summed E-state index contributed by atoms with van der Waals surface area (Å²) in [6, 6.07) is 8.47. The maximum absolute atomic E-state index is 12.5. The lowest BCUT2D eigenvalue weighted by Gasteiger charge is -2.28. The molecule has 1 fully saturated rings. The van der Waals surface area contributed by atoms with Crippen molar-refractivity contribution in [1.29, 1.82) is 0 Å². The van der Waals surface area contributed by atoms with E-state index in [0.717, 1.165) is 32.4 Å². The molecule has 2 heteroatoms. The van der Waals surface area contributed by atoms with Crippen molar-refractivity contribution in [3.63, 3.8) is 0 Å². The highest BCUT2D eigenvalue weighted by Crippen LogP contribution is 2.33. The van der Waals surface area contributed by atoms with Gasteiger partial charge < -0.3 is 4.90 Å². The molecule has 1 unspecified atom stereocenters. The van der Waals surface area contributed by atoms with Crippen LogP contribution in [0.5, 0.6) is 0 Å². The van der Waals surface area contributed by atoms with Gasteiger partial charge in [-0.3, -0.25) is 4.79 Å². The smallest absolute Gasteiger partial charge is 0.230 e. The molecule has 1 aromatic carbocycles. The minimum Gasteiger partial charge on any atom is -0.342 e. The van der Waals surface area contributed by atoms with Crippen LogP contribution in [-0.4, -0.2) is 23.9 Å². The van der Waals surface area contributed by atoms with Gasteiger partial charge >= 0.3 is 0 Å². The minimum absolute atomic E-state index is 0.137. The number of benzene rings is 1. The van der Waals surface area contributed by atoms with Gasteiger partial charge in [-0.25, -0.2) is 0 Å². The maximum Gasteiger partial charge on any atom is 0.230 e. The molecule has 0 bridgehead atoms. The van der Waals surface area contributed by atoms with Gasteiger partial charge in [0.2, 0.25) is 5.91 Å². The Morgan fingerprint density at radius 2 is 1.88 bits per heavy atom. The molecule has 0 radical (unpaired) electrons. The average molecular weight is 229 g/mol. The first kappa shape index (κ1) is 10.8. The molecule has 0 saturated carbocycles. The molecule has 2 nitrogen and oxygen atoms in total. The minimum atomic E-state index is 0.137. The Morgan fingerprint density at radius 3 is 2.71 bits per heavy atom. The number of likely N-dealkylation sites (tertiary alicyclic amines) is 1. The molecule has 1 aliphatic carbocycles. The van der Waals surface area contributed by atoms with E-state index in [1.54, 1.807) is 0 Å². The predicted molar refractivity (Wildman–Crippen MR) is 67.9 cm³/mol. The number of rotatable bonds is 1. The highest BCUT2D eigenvalue weighted by atomic mass is 16.2. The fourth-order valence-corrected chi connectivity index (χ4v) is 3.17. The Hall–Kier alpha value is -1.31. The number of fused-ring (bicyclic) bond motifs is 1. The zero-order valence-electron chi connectivity index (χ0n) is 10.2. The molecule has 1 heterocycles. The highest BCUT2D eigenvalue weighted by molar-refractivity contribution is 5.84. The number of hydrogen-bond donors (Lipinski definition) is 0. The van der Waals surface area contributed by atoms with Crippen molar-refractivity contribution in [2.45, 2.75) is 38.0 Å². The number of amides is 1. The van der Waals surface area contributed by atoms with E-state index in [9.17, 15) is 4.79 Å². The molecule has 1 amide bonds. The third-order valence-electron chi connectivity index (χ3n) is 4.09. The molecule has 0 N–H and O–H groups in total. The van der Waals surface area contributed by atoms with Gasteiger partial charge in [-0.2, -0.15) is 0 Å². The van der Waals surface area contributed by atoms with Crippen LogP contribution in [0.25, 0.3) is 0 Å². The van der Waals surface area contributed by atoms with Crippen LogP contribution in [0.3, 0.4) is 0 Å². The van der Waals surface area contributed by atoms with Crippen LogP contribution < -0.4 is 0 Å². The molecular formula is C15H19NO. The summed E-state index contributed by atoms with van der Waals surface area (Å²) in [5, 5.41) is 0. The molecular weight excluding hydrogens is 210 g/mol. The van der Waals surface area contributed by atoms with E-state index in [-0.39, 0.29) is 5.92 Å². The third-order valence-corrected chi connectivity index (χ3v) is 4.09. The number of aryl methyl sites for hydroxylation is 1. The zero-order valence-corrected chi connectivity index (χ0v) is 10.2. The fraction of sp³-hybridized carbons (Fsp3) is 0.533. The largest absolute Gasteiger partial charge is 0.342 e. The van der Waals surface area contributed by atoms with Gasteiger partial charge in [0.05, 0.1) is 5.92 Å². The van der Waals surface area contributed by atoms with Crippen LogP contribution in [0.1, 0.15) is 42.7 Å². The summed E-state index contributed by atoms with van der Waals surface area (Å²) in [4.78, 5) is 14.6. The van der Waals surface area contributed by atoms with Crippen LogP contribution in [-0.2, 0) is 11.2 Å². The molecule has 2 aliphatic rings. The van der Waals surface area contributed by atoms with Crippen LogP contribution in [0.2, 0.25) is 0 Å². The quantitative estimate of drug-likeness (QED) is 0.725. The van der Waals surface area contributed by atoms with Gasteiger partial charge in [0.1, 0.15) is 0 Å². The monoisotopic (exact) mass is 229 g/mol. The van der Waals surface area contributed by atoms with Crippen molar-refractivity contribution < 1.29 is 4.79 Å². The van der Waals surface area contributed by atoms with Crippen molar-refractivity contribution in [1.82, 2.24) is 4.90 Å². The maximum atomic E-state index is 12.5. The first-order chi connectivity index (χ1) is 8.36. The predicted octanol–water partition coefficient (Wildman–Crippen LogP) is 2.73. The lowest BCUT2D eigenvalue weighted by atomic mass is 9.82. The number of nitrogens with zero attached hydrogens (tertiary/aromatic N) is 1. The molecule has 0 spiro atoms. The van der Waals surface area contributed by atoms with Crippen molar-refractivity contribution in [3.05, 3.63) is 35.4 Å². The van der Waals surface area contributed by atoms with Crippen molar-refractivity contribution in [2.24, 2.45) is 0 Å². The normalized spacial score (nSPS) is 23.5. The first-order valence-corrected chi connectivity index (χ1v) is 6.73. The zero-order chi connectivity index (χ0) is 11.7. The van der Waals surface area contributed by atoms with E-state index in [1.165, 1.54) is 24.0 Å². The Balaban J connectivity index is 1.86. The van der Waals surface area contributed by atoms with Crippen LogP contribution in [0.15, 0.2) is 24.3 Å². The lowest BCUT2D eigenvalue weighted by molar-refractivity contribution is -0.132. The number of carbonyl (C=O) groups is 1. The van der Waals surface area contributed by atoms with E-state index in [2.05, 4.69) is 29.2 Å². The molecule has 17 heavy (non-hydrogen) atoms. The fourth-order valence-electron chi connectivity index (χ4n) is 3.17. The Labute approximate surface area is 103 Å². The Kier molecular flexibility index (Phi) is 2.87. The van der Waals surface area contributed by atoms with Gasteiger partial charge in [-0.05, 0) is 43.2 Å². The van der Waals surface area contributed by atoms with Gasteiger partial charge in [0.15, 0.2) is 0 Å². The second-order valence-corrected chi connectivity index (χ2v) is 5.18. The van der Waals surface area contributed by atoms with E-state index in [0.29, 0.717) is 5.91 Å². The summed E-state index contributed by atoms with van der Waals surface area (Å²) in [5.74, 6) is 0.507. The van der Waals surface area contributed by atoms with Crippen LogP contribution >= 0.6 is 0 Å². The van der Waals surface area contributed by atoms with Crippen molar-refractivity contribution >= 4 is 5.91 Å². The second kappa shape index (κ2) is 4.52. The molecule has 1 aliphatic heterocycles. The van der Waals surface area contributed by atoms with Crippen LogP contribution in [0, 0.1) is 0 Å². The summed E-state index contributed by atoms with van der Waals surface area (Å²) >= 11 is 0. The summed E-state index contributed by atoms with van der Waals surface area (Å²) < 4.78 is 0. The molecule has 90 valence electrons. The SMILES string of the molecule is O=C(C1CCCc2ccccc21)N1CCCC1. The second-order valence-electron chi connectivity index (χ2n) is 5.18. The van der Waals surface area contributed by atoms with Gasteiger partial charge in [0.25, 0.3) is 0 Å². The van der Waals surface area contributed by atoms with Gasteiger partial charge in [0, 0.05) is 13.1 Å². The summed E-state index contributed by atoms with van der Waals surface area (Å²) in [6.07, 6.45) is 5.69. The van der Waals surface area contributed by atoms with Crippen LogP contribution in [0.4, 0.5) is 0 Å². The average Bonchev–Trinajstić information content (AvgIpc) is 2.91. The lowest BCUT2D eigenvalue weighted by Crippen LogP contribution is -2.34. The number of carbonyl (C=O) groups excluding carboxylic acids is 1. The van der Waals surface area contributed by atoms with E-state index < -0.39 is 0 Å². The molecule has 1 aromatic rings. The summed E-state index contributed by atoms with van der Waals surface area (Å²) in [7, 11) is 0. The number of hydrogen-bond acceptors (Lipinski definition) is 1. The molecule has 1 saturated heterocycles. The van der Waals surface area contributed by atoms with Crippen molar-refractivity contribution in [3.8, 4) is 0 Å². The highest BCUT2D eigenvalue weighted by Gasteiger charge is 2.30. The topological polar surface area (TPSA) is 20.3 Å². The first-order valence-electron chi connectivity index (χ1n) is 6.73. The van der Waals surface area contributed by atoms with Crippen molar-refractivity contribution in [2.75, 3.05) is 13.1 Å². The standard InChI is InChI=1S/C15H19NO/c17-15(16-10-3-4-11-16)14-9-5-7-12-6-1-2-8-13(12)14/h1-2,6,8,14H,3-5,7,9-11H2. The van der Waals surface area contributed by atoms with E-state index >= 15 is 0 Å². The van der Waals surface area contributed by atoms with E-state index in [4.69, 9.17) is 0 Å². The summed E-state index contributed by atoms with van der Waals surface area (Å²) in [5.41, 5.74) is 2.67. The van der Waals surface area contributed by atoms with E-state index in [1.807, 2.05) is 0 Å². The summed E-state index contributed by atoms with van der Waals surface area (Å²) in [6.45, 7) is 1.94. The van der Waals surface area contributed by atoms with Gasteiger partial charge in [-0.15, -0.1) is 0 Å². The molecule has 1 atom stereocenters.